The Bertz CT molecular complexity index is 756. The summed E-state index contributed by atoms with van der Waals surface area (Å²) in [4.78, 5) is 4.25. The van der Waals surface area contributed by atoms with Crippen molar-refractivity contribution in [3.63, 3.8) is 0 Å². The van der Waals surface area contributed by atoms with Gasteiger partial charge in [0.15, 0.2) is 5.11 Å². The van der Waals surface area contributed by atoms with Gasteiger partial charge in [0.25, 0.3) is 0 Å². The lowest BCUT2D eigenvalue weighted by molar-refractivity contribution is 0.882. The topological polar surface area (TPSA) is 37.0 Å². The highest BCUT2D eigenvalue weighted by Crippen LogP contribution is 2.18. The summed E-state index contributed by atoms with van der Waals surface area (Å²) in [6.45, 7) is 0.611. The average molecular weight is 293 g/mol. The van der Waals surface area contributed by atoms with E-state index in [9.17, 15) is 0 Å². The van der Waals surface area contributed by atoms with E-state index in [1.165, 1.54) is 10.8 Å². The number of rotatable bonds is 3. The molecule has 0 bridgehead atoms. The second-order valence-electron chi connectivity index (χ2n) is 4.69. The lowest BCUT2D eigenvalue weighted by Gasteiger charge is -2.11. The molecule has 0 fully saturated rings. The van der Waals surface area contributed by atoms with Crippen LogP contribution in [0.15, 0.2) is 66.9 Å². The Labute approximate surface area is 129 Å². The SMILES string of the molecule is S=C(NCc1ccccn1)Nc1ccc2ccccc2c1. The zero-order valence-electron chi connectivity index (χ0n) is 11.4. The maximum Gasteiger partial charge on any atom is 0.171 e. The molecule has 21 heavy (non-hydrogen) atoms. The second kappa shape index (κ2) is 6.33. The predicted octanol–water partition coefficient (Wildman–Crippen LogP) is 3.72. The normalized spacial score (nSPS) is 10.3. The van der Waals surface area contributed by atoms with Crippen LogP contribution in [0.25, 0.3) is 10.8 Å². The number of nitrogens with one attached hydrogen (secondary N) is 2. The van der Waals surface area contributed by atoms with Crippen LogP contribution >= 0.6 is 12.2 Å². The Balaban J connectivity index is 1.63. The third kappa shape index (κ3) is 3.55. The molecule has 3 nitrogen and oxygen atoms in total. The monoisotopic (exact) mass is 293 g/mol. The molecular formula is C17H15N3S. The molecule has 0 atom stereocenters. The van der Waals surface area contributed by atoms with E-state index in [0.29, 0.717) is 11.7 Å². The van der Waals surface area contributed by atoms with Gasteiger partial charge in [-0.25, -0.2) is 0 Å². The second-order valence-corrected chi connectivity index (χ2v) is 5.10. The summed E-state index contributed by atoms with van der Waals surface area (Å²) in [5, 5.41) is 9.35. The maximum atomic E-state index is 5.31. The first-order valence-corrected chi connectivity index (χ1v) is 7.16. The number of hydrogen-bond acceptors (Lipinski definition) is 2. The predicted molar refractivity (Wildman–Crippen MR) is 91.2 cm³/mol. The van der Waals surface area contributed by atoms with E-state index < -0.39 is 0 Å². The molecule has 2 aromatic carbocycles. The fourth-order valence-corrected chi connectivity index (χ4v) is 2.31. The first kappa shape index (κ1) is 13.5. The van der Waals surface area contributed by atoms with Crippen LogP contribution < -0.4 is 10.6 Å². The molecule has 0 saturated heterocycles. The van der Waals surface area contributed by atoms with E-state index >= 15 is 0 Å². The first-order valence-electron chi connectivity index (χ1n) is 6.75. The van der Waals surface area contributed by atoms with Crippen molar-refractivity contribution >= 4 is 33.8 Å². The zero-order valence-corrected chi connectivity index (χ0v) is 12.2. The van der Waals surface area contributed by atoms with Crippen molar-refractivity contribution in [1.82, 2.24) is 10.3 Å². The minimum atomic E-state index is 0.593. The summed E-state index contributed by atoms with van der Waals surface area (Å²) < 4.78 is 0. The molecule has 2 N–H and O–H groups in total. The molecule has 0 radical (unpaired) electrons. The van der Waals surface area contributed by atoms with Crippen molar-refractivity contribution in [3.05, 3.63) is 72.6 Å². The largest absolute Gasteiger partial charge is 0.357 e. The maximum absolute atomic E-state index is 5.31. The number of nitrogens with zero attached hydrogens (tertiary/aromatic N) is 1. The van der Waals surface area contributed by atoms with Gasteiger partial charge in [-0.2, -0.15) is 0 Å². The minimum absolute atomic E-state index is 0.593. The van der Waals surface area contributed by atoms with Gasteiger partial charge in [-0.1, -0.05) is 36.4 Å². The fourth-order valence-electron chi connectivity index (χ4n) is 2.12. The molecule has 1 heterocycles. The molecule has 0 unspecified atom stereocenters. The van der Waals surface area contributed by atoms with Crippen molar-refractivity contribution in [2.24, 2.45) is 0 Å². The number of benzene rings is 2. The highest BCUT2D eigenvalue weighted by atomic mass is 32.1. The summed E-state index contributed by atoms with van der Waals surface area (Å²) in [7, 11) is 0. The Kier molecular flexibility index (Phi) is 4.07. The number of pyridine rings is 1. The van der Waals surface area contributed by atoms with Crippen LogP contribution in [0.2, 0.25) is 0 Å². The van der Waals surface area contributed by atoms with Crippen LogP contribution in [0.5, 0.6) is 0 Å². The molecule has 0 aliphatic rings. The van der Waals surface area contributed by atoms with Gasteiger partial charge >= 0.3 is 0 Å². The molecule has 0 amide bonds. The average Bonchev–Trinajstić information content (AvgIpc) is 2.54. The van der Waals surface area contributed by atoms with E-state index in [1.807, 2.05) is 36.4 Å². The van der Waals surface area contributed by atoms with E-state index in [4.69, 9.17) is 12.2 Å². The molecule has 3 rings (SSSR count). The van der Waals surface area contributed by atoms with Crippen LogP contribution in [-0.4, -0.2) is 10.1 Å². The quantitative estimate of drug-likeness (QED) is 0.722. The number of fused-ring (bicyclic) bond motifs is 1. The van der Waals surface area contributed by atoms with Gasteiger partial charge in [0, 0.05) is 11.9 Å². The molecule has 0 spiro atoms. The van der Waals surface area contributed by atoms with Crippen LogP contribution in [0.1, 0.15) is 5.69 Å². The van der Waals surface area contributed by atoms with Gasteiger partial charge < -0.3 is 10.6 Å². The van der Waals surface area contributed by atoms with Gasteiger partial charge in [-0.05, 0) is 47.3 Å². The van der Waals surface area contributed by atoms with Gasteiger partial charge in [-0.3, -0.25) is 4.98 Å². The molecular weight excluding hydrogens is 278 g/mol. The smallest absolute Gasteiger partial charge is 0.171 e. The number of thiocarbonyl (C=S) groups is 1. The van der Waals surface area contributed by atoms with Crippen LogP contribution in [0.4, 0.5) is 5.69 Å². The van der Waals surface area contributed by atoms with Crippen LogP contribution in [0.3, 0.4) is 0 Å². The third-order valence-electron chi connectivity index (χ3n) is 3.16. The van der Waals surface area contributed by atoms with Crippen molar-refractivity contribution in [1.29, 1.82) is 0 Å². The number of anilines is 1. The lowest BCUT2D eigenvalue weighted by atomic mass is 10.1. The highest BCUT2D eigenvalue weighted by molar-refractivity contribution is 7.80. The van der Waals surface area contributed by atoms with E-state index in [-0.39, 0.29) is 0 Å². The number of aromatic nitrogens is 1. The van der Waals surface area contributed by atoms with Crippen molar-refractivity contribution in [2.75, 3.05) is 5.32 Å². The number of hydrogen-bond donors (Lipinski definition) is 2. The Morgan fingerprint density at radius 2 is 1.76 bits per heavy atom. The summed E-state index contributed by atoms with van der Waals surface area (Å²) in [6, 6.07) is 20.3. The molecule has 1 aromatic heterocycles. The van der Waals surface area contributed by atoms with Gasteiger partial charge in [0.2, 0.25) is 0 Å². The van der Waals surface area contributed by atoms with E-state index in [1.54, 1.807) is 6.20 Å². The van der Waals surface area contributed by atoms with E-state index in [0.717, 1.165) is 11.4 Å². The first-order chi connectivity index (χ1) is 10.3. The Hall–Kier alpha value is -2.46. The molecule has 3 aromatic rings. The van der Waals surface area contributed by atoms with Crippen LogP contribution in [-0.2, 0) is 6.54 Å². The zero-order chi connectivity index (χ0) is 14.5. The Morgan fingerprint density at radius 1 is 0.952 bits per heavy atom. The van der Waals surface area contributed by atoms with Crippen LogP contribution in [0, 0.1) is 0 Å². The highest BCUT2D eigenvalue weighted by Gasteiger charge is 2.00. The van der Waals surface area contributed by atoms with Crippen molar-refractivity contribution < 1.29 is 0 Å². The van der Waals surface area contributed by atoms with Crippen molar-refractivity contribution in [3.8, 4) is 0 Å². The molecule has 4 heteroatoms. The molecule has 0 aliphatic carbocycles. The molecule has 104 valence electrons. The van der Waals surface area contributed by atoms with Gasteiger partial charge in [-0.15, -0.1) is 0 Å². The third-order valence-corrected chi connectivity index (χ3v) is 3.41. The fraction of sp³-hybridized carbons (Fsp3) is 0.0588. The lowest BCUT2D eigenvalue weighted by Crippen LogP contribution is -2.28. The summed E-state index contributed by atoms with van der Waals surface area (Å²) >= 11 is 5.31. The van der Waals surface area contributed by atoms with Gasteiger partial charge in [0.05, 0.1) is 12.2 Å². The molecule has 0 saturated carbocycles. The minimum Gasteiger partial charge on any atom is -0.357 e. The van der Waals surface area contributed by atoms with Crippen molar-refractivity contribution in [2.45, 2.75) is 6.54 Å². The standard InChI is InChI=1S/C17H15N3S/c21-17(19-12-16-7-3-4-10-18-16)20-15-9-8-13-5-1-2-6-14(13)11-15/h1-11H,12H2,(H2,19,20,21). The van der Waals surface area contributed by atoms with Gasteiger partial charge in [0.1, 0.15) is 0 Å². The summed E-state index contributed by atoms with van der Waals surface area (Å²) in [5.41, 5.74) is 1.94. The summed E-state index contributed by atoms with van der Waals surface area (Å²) in [5.74, 6) is 0. The summed E-state index contributed by atoms with van der Waals surface area (Å²) in [6.07, 6.45) is 1.77. The molecule has 0 aliphatic heterocycles. The van der Waals surface area contributed by atoms with E-state index in [2.05, 4.69) is 39.9 Å². The Morgan fingerprint density at radius 3 is 2.57 bits per heavy atom.